The van der Waals surface area contributed by atoms with Crippen LogP contribution >= 0.6 is 0 Å². The fourth-order valence-corrected chi connectivity index (χ4v) is 2.84. The SMILES string of the molecule is CC[C@@]1(C)CN(C(=O)N[C@H](C)c2nc3ccccc3[nH]2)CCO1. The number of ether oxygens (including phenoxy) is 1. The van der Waals surface area contributed by atoms with Crippen molar-refractivity contribution in [3.05, 3.63) is 30.1 Å². The minimum absolute atomic E-state index is 0.0686. The lowest BCUT2D eigenvalue weighted by molar-refractivity contribution is -0.0874. The molecule has 0 saturated carbocycles. The number of morpholine rings is 1. The van der Waals surface area contributed by atoms with Crippen LogP contribution in [0.4, 0.5) is 4.79 Å². The first kappa shape index (κ1) is 15.8. The lowest BCUT2D eigenvalue weighted by Crippen LogP contribution is -2.54. The first-order valence-electron chi connectivity index (χ1n) is 8.15. The number of aromatic nitrogens is 2. The largest absolute Gasteiger partial charge is 0.372 e. The molecule has 2 aromatic rings. The number of nitrogens with zero attached hydrogens (tertiary/aromatic N) is 2. The molecule has 0 bridgehead atoms. The summed E-state index contributed by atoms with van der Waals surface area (Å²) in [7, 11) is 0. The van der Waals surface area contributed by atoms with Crippen molar-refractivity contribution in [2.45, 2.75) is 38.8 Å². The monoisotopic (exact) mass is 316 g/mol. The average molecular weight is 316 g/mol. The van der Waals surface area contributed by atoms with Crippen LogP contribution in [-0.2, 0) is 4.74 Å². The van der Waals surface area contributed by atoms with Crippen molar-refractivity contribution in [3.8, 4) is 0 Å². The van der Waals surface area contributed by atoms with Crippen molar-refractivity contribution in [2.24, 2.45) is 0 Å². The third-order valence-corrected chi connectivity index (χ3v) is 4.53. The summed E-state index contributed by atoms with van der Waals surface area (Å²) in [5, 5.41) is 3.03. The highest BCUT2D eigenvalue weighted by atomic mass is 16.5. The third-order valence-electron chi connectivity index (χ3n) is 4.53. The summed E-state index contributed by atoms with van der Waals surface area (Å²) in [6, 6.07) is 7.61. The molecule has 0 spiro atoms. The fourth-order valence-electron chi connectivity index (χ4n) is 2.84. The average Bonchev–Trinajstić information content (AvgIpc) is 2.99. The summed E-state index contributed by atoms with van der Waals surface area (Å²) >= 11 is 0. The van der Waals surface area contributed by atoms with Gasteiger partial charge in [-0.2, -0.15) is 0 Å². The molecule has 2 N–H and O–H groups in total. The Morgan fingerprint density at radius 3 is 3.04 bits per heavy atom. The predicted octanol–water partition coefficient (Wildman–Crippen LogP) is 2.83. The topological polar surface area (TPSA) is 70.2 Å². The van der Waals surface area contributed by atoms with E-state index in [4.69, 9.17) is 4.74 Å². The molecule has 2 heterocycles. The number of imidazole rings is 1. The van der Waals surface area contributed by atoms with E-state index in [1.807, 2.05) is 36.1 Å². The van der Waals surface area contributed by atoms with E-state index in [0.717, 1.165) is 23.3 Å². The number of rotatable bonds is 3. The highest BCUT2D eigenvalue weighted by Crippen LogP contribution is 2.22. The molecule has 2 amide bonds. The van der Waals surface area contributed by atoms with Crippen LogP contribution in [0.5, 0.6) is 0 Å². The Labute approximate surface area is 136 Å². The van der Waals surface area contributed by atoms with Gasteiger partial charge in [0.15, 0.2) is 0 Å². The van der Waals surface area contributed by atoms with Crippen LogP contribution in [0.1, 0.15) is 39.1 Å². The second-order valence-electron chi connectivity index (χ2n) is 6.38. The predicted molar refractivity (Wildman–Crippen MR) is 89.3 cm³/mol. The van der Waals surface area contributed by atoms with Gasteiger partial charge in [0.05, 0.1) is 35.8 Å². The van der Waals surface area contributed by atoms with Crippen molar-refractivity contribution in [1.82, 2.24) is 20.2 Å². The minimum atomic E-state index is -0.252. The number of benzene rings is 1. The van der Waals surface area contributed by atoms with Crippen LogP contribution in [0.15, 0.2) is 24.3 Å². The molecule has 0 aliphatic carbocycles. The lowest BCUT2D eigenvalue weighted by atomic mass is 10.0. The van der Waals surface area contributed by atoms with E-state index >= 15 is 0 Å². The van der Waals surface area contributed by atoms with E-state index in [1.165, 1.54) is 0 Å². The number of carbonyl (C=O) groups is 1. The van der Waals surface area contributed by atoms with Gasteiger partial charge in [-0.3, -0.25) is 0 Å². The van der Waals surface area contributed by atoms with Gasteiger partial charge in [-0.15, -0.1) is 0 Å². The number of hydrogen-bond acceptors (Lipinski definition) is 3. The number of fused-ring (bicyclic) bond motifs is 1. The molecule has 1 aromatic heterocycles. The Morgan fingerprint density at radius 1 is 1.52 bits per heavy atom. The summed E-state index contributed by atoms with van der Waals surface area (Å²) in [4.78, 5) is 22.1. The van der Waals surface area contributed by atoms with Crippen LogP contribution in [0.3, 0.4) is 0 Å². The van der Waals surface area contributed by atoms with Gasteiger partial charge in [-0.25, -0.2) is 9.78 Å². The van der Waals surface area contributed by atoms with E-state index in [-0.39, 0.29) is 17.7 Å². The van der Waals surface area contributed by atoms with E-state index in [2.05, 4.69) is 29.1 Å². The lowest BCUT2D eigenvalue weighted by Gasteiger charge is -2.40. The van der Waals surface area contributed by atoms with E-state index in [1.54, 1.807) is 0 Å². The second-order valence-corrected chi connectivity index (χ2v) is 6.38. The van der Waals surface area contributed by atoms with Gasteiger partial charge in [0.1, 0.15) is 5.82 Å². The van der Waals surface area contributed by atoms with Crippen LogP contribution < -0.4 is 5.32 Å². The first-order valence-corrected chi connectivity index (χ1v) is 8.15. The maximum Gasteiger partial charge on any atom is 0.318 e. The Kier molecular flexibility index (Phi) is 4.26. The van der Waals surface area contributed by atoms with Gasteiger partial charge in [-0.05, 0) is 32.4 Å². The number of H-pyrrole nitrogens is 1. The maximum absolute atomic E-state index is 12.5. The maximum atomic E-state index is 12.5. The van der Waals surface area contributed by atoms with Gasteiger partial charge in [0, 0.05) is 6.54 Å². The molecule has 6 nitrogen and oxygen atoms in total. The number of amides is 2. The van der Waals surface area contributed by atoms with Gasteiger partial charge in [-0.1, -0.05) is 19.1 Å². The number of urea groups is 1. The summed E-state index contributed by atoms with van der Waals surface area (Å²) < 4.78 is 5.78. The summed E-state index contributed by atoms with van der Waals surface area (Å²) in [6.45, 7) is 7.88. The Balaban J connectivity index is 1.67. The smallest absolute Gasteiger partial charge is 0.318 e. The number of hydrogen-bond donors (Lipinski definition) is 2. The minimum Gasteiger partial charge on any atom is -0.372 e. The number of nitrogens with one attached hydrogen (secondary N) is 2. The van der Waals surface area contributed by atoms with Gasteiger partial charge < -0.3 is 19.9 Å². The second kappa shape index (κ2) is 6.20. The molecule has 1 aliphatic rings. The van der Waals surface area contributed by atoms with E-state index in [9.17, 15) is 4.79 Å². The van der Waals surface area contributed by atoms with Crippen molar-refractivity contribution < 1.29 is 9.53 Å². The molecule has 23 heavy (non-hydrogen) atoms. The van der Waals surface area contributed by atoms with Crippen molar-refractivity contribution in [3.63, 3.8) is 0 Å². The summed E-state index contributed by atoms with van der Waals surface area (Å²) in [5.41, 5.74) is 1.64. The molecular formula is C17H24N4O2. The standard InChI is InChI=1S/C17H24N4O2/c1-4-17(3)11-21(9-10-23-17)16(22)18-12(2)15-19-13-7-5-6-8-14(13)20-15/h5-8,12H,4,9-11H2,1-3H3,(H,18,22)(H,19,20)/t12-,17+/m1/s1. The molecule has 1 saturated heterocycles. The molecular weight excluding hydrogens is 292 g/mol. The number of aromatic amines is 1. The van der Waals surface area contributed by atoms with Crippen molar-refractivity contribution in [1.29, 1.82) is 0 Å². The fraction of sp³-hybridized carbons (Fsp3) is 0.529. The Bertz CT molecular complexity index is 666. The molecule has 3 rings (SSSR count). The van der Waals surface area contributed by atoms with E-state index in [0.29, 0.717) is 19.7 Å². The number of para-hydroxylation sites is 2. The highest BCUT2D eigenvalue weighted by molar-refractivity contribution is 5.76. The van der Waals surface area contributed by atoms with Crippen molar-refractivity contribution in [2.75, 3.05) is 19.7 Å². The van der Waals surface area contributed by atoms with E-state index < -0.39 is 0 Å². The van der Waals surface area contributed by atoms with Gasteiger partial charge in [0.25, 0.3) is 0 Å². The zero-order valence-electron chi connectivity index (χ0n) is 13.9. The molecule has 2 atom stereocenters. The van der Waals surface area contributed by atoms with Crippen LogP contribution in [0, 0.1) is 0 Å². The highest BCUT2D eigenvalue weighted by Gasteiger charge is 2.33. The molecule has 6 heteroatoms. The summed E-state index contributed by atoms with van der Waals surface area (Å²) in [5.74, 6) is 0.770. The Morgan fingerprint density at radius 2 is 2.30 bits per heavy atom. The van der Waals surface area contributed by atoms with Gasteiger partial charge in [0.2, 0.25) is 0 Å². The molecule has 1 fully saturated rings. The van der Waals surface area contributed by atoms with Crippen molar-refractivity contribution >= 4 is 17.1 Å². The molecule has 1 aliphatic heterocycles. The molecule has 1 aromatic carbocycles. The molecule has 0 unspecified atom stereocenters. The van der Waals surface area contributed by atoms with Gasteiger partial charge >= 0.3 is 6.03 Å². The zero-order chi connectivity index (χ0) is 16.4. The van der Waals surface area contributed by atoms with Crippen LogP contribution in [-0.4, -0.2) is 46.2 Å². The van der Waals surface area contributed by atoms with Crippen LogP contribution in [0.2, 0.25) is 0 Å². The first-order chi connectivity index (χ1) is 11.0. The Hall–Kier alpha value is -2.08. The zero-order valence-corrected chi connectivity index (χ0v) is 13.9. The quantitative estimate of drug-likeness (QED) is 0.915. The molecule has 124 valence electrons. The molecule has 0 radical (unpaired) electrons. The normalized spacial score (nSPS) is 23.0. The third kappa shape index (κ3) is 3.32. The van der Waals surface area contributed by atoms with Crippen LogP contribution in [0.25, 0.3) is 11.0 Å². The summed E-state index contributed by atoms with van der Waals surface area (Å²) in [6.07, 6.45) is 0.885. The number of carbonyl (C=O) groups excluding carboxylic acids is 1.